The molecule has 1 aliphatic heterocycles. The van der Waals surface area contributed by atoms with E-state index in [9.17, 15) is 33.9 Å². The van der Waals surface area contributed by atoms with E-state index in [2.05, 4.69) is 11.9 Å². The van der Waals surface area contributed by atoms with Crippen molar-refractivity contribution in [1.82, 2.24) is 4.90 Å². The van der Waals surface area contributed by atoms with Crippen molar-refractivity contribution in [2.24, 2.45) is 5.41 Å². The maximum absolute atomic E-state index is 13.9. The molecule has 3 rings (SSSR count). The fourth-order valence-electron chi connectivity index (χ4n) is 5.36. The van der Waals surface area contributed by atoms with Crippen LogP contribution in [0.3, 0.4) is 0 Å². The molecule has 50 heavy (non-hydrogen) atoms. The number of ether oxygens (including phenoxy) is 4. The molecule has 270 valence electrons. The minimum atomic E-state index is -1.79. The second-order valence-corrected chi connectivity index (χ2v) is 12.4. The molecule has 14 heteroatoms. The summed E-state index contributed by atoms with van der Waals surface area (Å²) in [6, 6.07) is 10.7. The number of carboxylic acids is 1. The Morgan fingerprint density at radius 3 is 2.42 bits per heavy atom. The molecule has 0 bridgehead atoms. The van der Waals surface area contributed by atoms with Crippen LogP contribution in [0.25, 0.3) is 0 Å². The number of anilines is 1. The minimum absolute atomic E-state index is 0.142. The van der Waals surface area contributed by atoms with E-state index >= 15 is 0 Å². The number of rotatable bonds is 17. The van der Waals surface area contributed by atoms with Gasteiger partial charge in [-0.1, -0.05) is 24.8 Å². The second-order valence-electron chi connectivity index (χ2n) is 12.4. The van der Waals surface area contributed by atoms with E-state index in [0.29, 0.717) is 36.3 Å². The Morgan fingerprint density at radius 1 is 1.04 bits per heavy atom. The number of ketones is 1. The van der Waals surface area contributed by atoms with Crippen LogP contribution in [0.15, 0.2) is 55.1 Å². The van der Waals surface area contributed by atoms with Crippen LogP contribution in [-0.2, 0) is 44.7 Å². The van der Waals surface area contributed by atoms with Gasteiger partial charge in [0.25, 0.3) is 11.8 Å². The summed E-state index contributed by atoms with van der Waals surface area (Å²) in [7, 11) is 3.03. The molecule has 14 nitrogen and oxygen atoms in total. The standard InChI is InChI=1S/C36H44N2O12/c1-6-31(42)49-21-36(2,3)32(43)34(45)38-17-8-7-12-25(38)35(46)50-27(15-13-22-14-16-28(47-4)29(18-22)48-5)23-10-9-11-24(19-23)37-33(44)26(39)20-30(40)41/h6,9-11,14,16,18-19,25-27,39H,1,7-8,12-13,15,17,20-21H2,2-5H3,(H,37,44)(H,40,41)/t25-,26?,27?/m0/s1. The number of aliphatic carboxylic acids is 1. The van der Waals surface area contributed by atoms with Crippen molar-refractivity contribution in [3.63, 3.8) is 0 Å². The third kappa shape index (κ3) is 10.6. The topological polar surface area (TPSA) is 195 Å². The zero-order chi connectivity index (χ0) is 37.0. The van der Waals surface area contributed by atoms with E-state index in [-0.39, 0.29) is 31.7 Å². The molecule has 3 atom stereocenters. The van der Waals surface area contributed by atoms with Gasteiger partial charge in [0.05, 0.1) is 26.1 Å². The highest BCUT2D eigenvalue weighted by Crippen LogP contribution is 2.32. The fourth-order valence-corrected chi connectivity index (χ4v) is 5.36. The number of aryl methyl sites for hydroxylation is 1. The van der Waals surface area contributed by atoms with E-state index in [0.717, 1.165) is 11.6 Å². The van der Waals surface area contributed by atoms with Gasteiger partial charge in [-0.05, 0) is 81.3 Å². The predicted octanol–water partition coefficient (Wildman–Crippen LogP) is 3.40. The van der Waals surface area contributed by atoms with E-state index in [1.54, 1.807) is 24.3 Å². The summed E-state index contributed by atoms with van der Waals surface area (Å²) in [5.74, 6) is -4.42. The van der Waals surface area contributed by atoms with Crippen LogP contribution in [0.1, 0.15) is 63.2 Å². The van der Waals surface area contributed by atoms with E-state index in [1.165, 1.54) is 45.1 Å². The summed E-state index contributed by atoms with van der Waals surface area (Å²) in [6.07, 6.45) is -0.449. The number of esters is 2. The van der Waals surface area contributed by atoms with Crippen molar-refractivity contribution in [2.45, 2.75) is 70.6 Å². The van der Waals surface area contributed by atoms with E-state index in [1.807, 2.05) is 6.07 Å². The summed E-state index contributed by atoms with van der Waals surface area (Å²) < 4.78 is 21.8. The quantitative estimate of drug-likeness (QED) is 0.124. The van der Waals surface area contributed by atoms with Gasteiger partial charge in [0.15, 0.2) is 11.5 Å². The zero-order valence-corrected chi connectivity index (χ0v) is 28.6. The van der Waals surface area contributed by atoms with Gasteiger partial charge in [0.1, 0.15) is 24.9 Å². The van der Waals surface area contributed by atoms with Gasteiger partial charge in [-0.3, -0.25) is 19.2 Å². The molecular formula is C36H44N2O12. The normalized spacial score (nSPS) is 15.5. The first-order valence-corrected chi connectivity index (χ1v) is 16.1. The van der Waals surface area contributed by atoms with Crippen molar-refractivity contribution in [3.8, 4) is 11.5 Å². The number of nitrogens with zero attached hydrogens (tertiary/aromatic N) is 1. The number of carboxylic acid groups (broad SMARTS) is 1. The van der Waals surface area contributed by atoms with Crippen LogP contribution in [0.2, 0.25) is 0 Å². The molecule has 1 heterocycles. The Balaban J connectivity index is 1.88. The average molecular weight is 697 g/mol. The molecule has 3 N–H and O–H groups in total. The van der Waals surface area contributed by atoms with Crippen LogP contribution in [0, 0.1) is 5.41 Å². The lowest BCUT2D eigenvalue weighted by atomic mass is 9.87. The fraction of sp³-hybridized carbons (Fsp3) is 0.444. The summed E-state index contributed by atoms with van der Waals surface area (Å²) in [6.45, 7) is 6.05. The van der Waals surface area contributed by atoms with Crippen molar-refractivity contribution in [2.75, 3.05) is 32.7 Å². The lowest BCUT2D eigenvalue weighted by Crippen LogP contribution is -2.53. The van der Waals surface area contributed by atoms with Gasteiger partial charge in [0.2, 0.25) is 5.78 Å². The van der Waals surface area contributed by atoms with E-state index in [4.69, 9.17) is 24.1 Å². The molecule has 2 amide bonds. The number of likely N-dealkylation sites (tertiary alicyclic amines) is 1. The summed E-state index contributed by atoms with van der Waals surface area (Å²) in [5.41, 5.74) is 0.166. The Hall–Kier alpha value is -5.24. The van der Waals surface area contributed by atoms with E-state index < -0.39 is 65.6 Å². The highest BCUT2D eigenvalue weighted by Gasteiger charge is 2.42. The van der Waals surface area contributed by atoms with Crippen molar-refractivity contribution in [1.29, 1.82) is 0 Å². The zero-order valence-electron chi connectivity index (χ0n) is 28.6. The third-order valence-corrected chi connectivity index (χ3v) is 8.18. The van der Waals surface area contributed by atoms with Gasteiger partial charge in [0, 0.05) is 18.3 Å². The largest absolute Gasteiger partial charge is 0.493 e. The molecule has 1 fully saturated rings. The Bertz CT molecular complexity index is 1590. The molecule has 0 spiro atoms. The third-order valence-electron chi connectivity index (χ3n) is 8.18. The SMILES string of the molecule is C=CC(=O)OCC(C)(C)C(=O)C(=O)N1CCCC[C@H]1C(=O)OC(CCc1ccc(OC)c(OC)c1)c1cccc(NC(=O)C(O)CC(=O)O)c1. The van der Waals surface area contributed by atoms with Crippen molar-refractivity contribution < 1.29 is 57.9 Å². The monoisotopic (exact) mass is 696 g/mol. The molecule has 0 aromatic heterocycles. The van der Waals surface area contributed by atoms with Crippen LogP contribution in [-0.4, -0.2) is 90.1 Å². The molecule has 1 saturated heterocycles. The highest BCUT2D eigenvalue weighted by atomic mass is 16.5. The Morgan fingerprint density at radius 2 is 1.76 bits per heavy atom. The second kappa shape index (κ2) is 18.0. The number of nitrogens with one attached hydrogen (secondary N) is 1. The summed E-state index contributed by atoms with van der Waals surface area (Å²) in [5, 5.41) is 21.4. The molecule has 0 saturated carbocycles. The van der Waals surface area contributed by atoms with Gasteiger partial charge in [-0.25, -0.2) is 9.59 Å². The number of methoxy groups -OCH3 is 2. The van der Waals surface area contributed by atoms with Crippen LogP contribution >= 0.6 is 0 Å². The average Bonchev–Trinajstić information content (AvgIpc) is 3.11. The summed E-state index contributed by atoms with van der Waals surface area (Å²) >= 11 is 0. The maximum atomic E-state index is 13.9. The first-order valence-electron chi connectivity index (χ1n) is 16.1. The Labute approximate surface area is 290 Å². The van der Waals surface area contributed by atoms with Gasteiger partial charge < -0.3 is 39.4 Å². The summed E-state index contributed by atoms with van der Waals surface area (Å²) in [4.78, 5) is 76.9. The molecule has 2 unspecified atom stereocenters. The lowest BCUT2D eigenvalue weighted by molar-refractivity contribution is -0.165. The lowest BCUT2D eigenvalue weighted by Gasteiger charge is -2.36. The van der Waals surface area contributed by atoms with Gasteiger partial charge in [-0.15, -0.1) is 0 Å². The van der Waals surface area contributed by atoms with Crippen LogP contribution in [0.4, 0.5) is 5.69 Å². The molecule has 2 aromatic carbocycles. The number of piperidine rings is 1. The van der Waals surface area contributed by atoms with Crippen molar-refractivity contribution in [3.05, 3.63) is 66.2 Å². The van der Waals surface area contributed by atoms with Crippen LogP contribution < -0.4 is 14.8 Å². The number of carbonyl (C=O) groups excluding carboxylic acids is 5. The Kier molecular flexibility index (Phi) is 14.1. The predicted molar refractivity (Wildman–Crippen MR) is 179 cm³/mol. The number of benzene rings is 2. The molecule has 0 aliphatic carbocycles. The molecular weight excluding hydrogens is 652 g/mol. The number of hydrogen-bond acceptors (Lipinski definition) is 11. The molecule has 0 radical (unpaired) electrons. The number of amides is 2. The van der Waals surface area contributed by atoms with Crippen molar-refractivity contribution >= 4 is 41.2 Å². The molecule has 2 aromatic rings. The highest BCUT2D eigenvalue weighted by molar-refractivity contribution is 6.38. The maximum Gasteiger partial charge on any atom is 0.330 e. The number of Topliss-reactive ketones (excluding diaryl/α,β-unsaturated/α-hetero) is 1. The molecule has 1 aliphatic rings. The number of carbonyl (C=O) groups is 6. The first kappa shape index (κ1) is 39.2. The first-order chi connectivity index (χ1) is 23.7. The van der Waals surface area contributed by atoms with Crippen LogP contribution in [0.5, 0.6) is 11.5 Å². The minimum Gasteiger partial charge on any atom is -0.493 e. The van der Waals surface area contributed by atoms with Gasteiger partial charge in [-0.2, -0.15) is 0 Å². The number of aliphatic hydroxyl groups is 1. The smallest absolute Gasteiger partial charge is 0.330 e. The number of aliphatic hydroxyl groups excluding tert-OH is 1. The van der Waals surface area contributed by atoms with Gasteiger partial charge >= 0.3 is 17.9 Å². The number of hydrogen-bond donors (Lipinski definition) is 3.